The topological polar surface area (TPSA) is 222 Å². The van der Waals surface area contributed by atoms with E-state index >= 15 is 0 Å². The maximum atomic E-state index is 9.46. The van der Waals surface area contributed by atoms with Crippen LogP contribution in [0, 0.1) is 0 Å². The van der Waals surface area contributed by atoms with E-state index in [-0.39, 0.29) is 18.8 Å². The fraction of sp³-hybridized carbons (Fsp3) is 0.148. The van der Waals surface area contributed by atoms with Gasteiger partial charge in [0.2, 0.25) is 0 Å². The number of para-hydroxylation sites is 2. The summed E-state index contributed by atoms with van der Waals surface area (Å²) >= 11 is 0. The zero-order valence-electron chi connectivity index (χ0n) is 38.6. The Hall–Kier alpha value is -8.54. The molecule has 16 nitrogen and oxygen atoms in total. The number of hydrogen-bond acceptors (Lipinski definition) is 14. The van der Waals surface area contributed by atoms with Crippen molar-refractivity contribution in [1.82, 2.24) is 50.1 Å². The average Bonchev–Trinajstić information content (AvgIpc) is 3.99. The lowest BCUT2D eigenvalue weighted by Gasteiger charge is -2.23. The number of nitrogens with one attached hydrogen (secondary N) is 2. The zero-order valence-corrected chi connectivity index (χ0v) is 38.6. The highest BCUT2D eigenvalue weighted by Gasteiger charge is 2.21. The summed E-state index contributed by atoms with van der Waals surface area (Å²) in [5.74, 6) is 3.76. The number of aromatic nitrogens is 8. The van der Waals surface area contributed by atoms with Gasteiger partial charge in [-0.1, -0.05) is 60.7 Å². The Labute approximate surface area is 404 Å². The summed E-state index contributed by atoms with van der Waals surface area (Å²) in [7, 11) is 0. The minimum Gasteiger partial charge on any atom is -0.457 e. The van der Waals surface area contributed by atoms with E-state index in [1.807, 2.05) is 172 Å². The first-order valence-corrected chi connectivity index (χ1v) is 22.7. The molecule has 16 heteroatoms. The van der Waals surface area contributed by atoms with Gasteiger partial charge in [0.15, 0.2) is 11.3 Å². The number of benzene rings is 6. The van der Waals surface area contributed by atoms with Crippen LogP contribution in [0.1, 0.15) is 25.0 Å². The lowest BCUT2D eigenvalue weighted by Crippen LogP contribution is -2.42. The van der Waals surface area contributed by atoms with E-state index < -0.39 is 0 Å². The Morgan fingerprint density at radius 3 is 1.34 bits per heavy atom. The van der Waals surface area contributed by atoms with Crippen LogP contribution in [0.15, 0.2) is 170 Å². The van der Waals surface area contributed by atoms with E-state index in [1.54, 1.807) is 9.36 Å². The number of fused-ring (bicyclic) bond motifs is 2. The molecule has 0 unspecified atom stereocenters. The number of ether oxygens (including phenoxy) is 2. The summed E-state index contributed by atoms with van der Waals surface area (Å²) < 4.78 is 15.4. The van der Waals surface area contributed by atoms with Crippen LogP contribution in [0.25, 0.3) is 56.0 Å². The van der Waals surface area contributed by atoms with Gasteiger partial charge >= 0.3 is 0 Å². The van der Waals surface area contributed by atoms with Crippen molar-refractivity contribution in [2.75, 3.05) is 31.2 Å². The second kappa shape index (κ2) is 21.2. The largest absolute Gasteiger partial charge is 0.457 e. The van der Waals surface area contributed by atoms with Crippen molar-refractivity contribution >= 4 is 33.7 Å². The van der Waals surface area contributed by atoms with Crippen LogP contribution in [0.5, 0.6) is 23.0 Å². The molecule has 0 bridgehead atoms. The van der Waals surface area contributed by atoms with Crippen LogP contribution < -0.4 is 31.6 Å². The maximum absolute atomic E-state index is 9.46. The monoisotopic (exact) mass is 932 g/mol. The predicted octanol–water partition coefficient (Wildman–Crippen LogP) is 8.66. The molecule has 8 N–H and O–H groups in total. The van der Waals surface area contributed by atoms with Gasteiger partial charge in [-0.25, -0.2) is 29.3 Å². The summed E-state index contributed by atoms with van der Waals surface area (Å²) in [6, 6.07) is 50.8. The average molecular weight is 933 g/mol. The molecule has 0 saturated carbocycles. The number of nitrogen functional groups attached to an aromatic ring is 2. The van der Waals surface area contributed by atoms with Gasteiger partial charge in [-0.2, -0.15) is 10.2 Å². The second-order valence-corrected chi connectivity index (χ2v) is 16.9. The van der Waals surface area contributed by atoms with Gasteiger partial charge in [-0.05, 0) is 122 Å². The molecule has 0 amide bonds. The van der Waals surface area contributed by atoms with Crippen molar-refractivity contribution in [1.29, 1.82) is 0 Å². The molecule has 0 aliphatic rings. The lowest BCUT2D eigenvalue weighted by molar-refractivity contribution is 0.187. The minimum absolute atomic E-state index is 0.0631. The summed E-state index contributed by atoms with van der Waals surface area (Å²) in [5, 5.41) is 36.0. The molecule has 0 aliphatic carbocycles. The first-order valence-electron chi connectivity index (χ1n) is 22.7. The highest BCUT2D eigenvalue weighted by Crippen LogP contribution is 2.35. The van der Waals surface area contributed by atoms with E-state index in [0.29, 0.717) is 64.7 Å². The number of aliphatic hydroxyl groups excluding tert-OH is 2. The van der Waals surface area contributed by atoms with Crippen LogP contribution in [0.2, 0.25) is 0 Å². The number of aliphatic hydroxyl groups is 2. The first-order chi connectivity index (χ1) is 34.2. The molecule has 0 radical (unpaired) electrons. The molecule has 0 atom stereocenters. The molecule has 6 aromatic carbocycles. The Bertz CT molecular complexity index is 3290. The van der Waals surface area contributed by atoms with E-state index in [1.165, 1.54) is 12.7 Å². The van der Waals surface area contributed by atoms with E-state index in [2.05, 4.69) is 30.6 Å². The molecule has 0 aliphatic heterocycles. The van der Waals surface area contributed by atoms with Crippen molar-refractivity contribution in [2.24, 2.45) is 0 Å². The van der Waals surface area contributed by atoms with Crippen LogP contribution in [0.4, 0.5) is 11.6 Å². The van der Waals surface area contributed by atoms with Crippen molar-refractivity contribution in [3.8, 4) is 56.9 Å². The van der Waals surface area contributed by atoms with E-state index in [9.17, 15) is 5.11 Å². The molecule has 0 fully saturated rings. The third-order valence-corrected chi connectivity index (χ3v) is 11.3. The van der Waals surface area contributed by atoms with Crippen LogP contribution in [-0.2, 0) is 13.1 Å². The highest BCUT2D eigenvalue weighted by atomic mass is 16.5. The van der Waals surface area contributed by atoms with Crippen LogP contribution in [-0.4, -0.2) is 75.0 Å². The molecule has 4 aromatic heterocycles. The molecular weight excluding hydrogens is 881 g/mol. The smallest absolute Gasteiger partial charge is 0.169 e. The second-order valence-electron chi connectivity index (χ2n) is 16.9. The lowest BCUT2D eigenvalue weighted by atomic mass is 10.1. The molecule has 70 heavy (non-hydrogen) atoms. The first kappa shape index (κ1) is 46.6. The SMILES string of the molecule is CC(C)(CO)NCc1ccc(-n2nc(-c3ccc(Oc4ccccc4)cc3)c3c(N)ncnc32)cc1.Nc1ncnc2c1c(-c1ccc(Oc3ccccc3)cc1)nn2-c1ccc(CNCCO)cc1. The Morgan fingerprint density at radius 2 is 0.929 bits per heavy atom. The fourth-order valence-electron chi connectivity index (χ4n) is 7.54. The molecule has 4 heterocycles. The summed E-state index contributed by atoms with van der Waals surface area (Å²) in [6.45, 7) is 5.98. The standard InChI is InChI=1S/C28H28N6O2.C26H24N6O2/c1-28(2,17-35)32-16-19-8-12-21(13-9-19)34-27-24(26(29)30-18-31-27)25(33-34)20-10-14-23(15-11-20)36-22-6-4-3-5-7-22;27-25-23-24(19-8-12-22(13-9-19)34-21-4-2-1-3-5-21)31-32(26(23)30-17-29-25)20-10-6-18(7-11-20)16-28-14-15-33/h3-15,18,32,35H,16-17H2,1-2H3,(H2,29,30,31);1-13,17,28,33H,14-16H2,(H2,27,29,30). The van der Waals surface area contributed by atoms with Gasteiger partial charge in [-0.15, -0.1) is 0 Å². The third-order valence-electron chi connectivity index (χ3n) is 11.3. The van der Waals surface area contributed by atoms with Gasteiger partial charge in [0.05, 0.1) is 35.4 Å². The molecular formula is C54H52N12O4. The molecule has 352 valence electrons. The molecule has 0 saturated heterocycles. The third kappa shape index (κ3) is 10.8. The maximum Gasteiger partial charge on any atom is 0.169 e. The fourth-order valence-corrected chi connectivity index (χ4v) is 7.54. The van der Waals surface area contributed by atoms with Gasteiger partial charge in [0.1, 0.15) is 58.7 Å². The summed E-state index contributed by atoms with van der Waals surface area (Å²) in [4.78, 5) is 17.3. The zero-order chi connectivity index (χ0) is 48.5. The highest BCUT2D eigenvalue weighted by molar-refractivity contribution is 6.00. The minimum atomic E-state index is -0.345. The molecule has 10 rings (SSSR count). The number of nitrogens with zero attached hydrogens (tertiary/aromatic N) is 8. The number of hydrogen-bond donors (Lipinski definition) is 6. The van der Waals surface area contributed by atoms with Crippen molar-refractivity contribution < 1.29 is 19.7 Å². The number of nitrogens with two attached hydrogens (primary N) is 2. The van der Waals surface area contributed by atoms with Crippen molar-refractivity contribution in [3.63, 3.8) is 0 Å². The predicted molar refractivity (Wildman–Crippen MR) is 273 cm³/mol. The number of anilines is 2. The molecule has 10 aromatic rings. The van der Waals surface area contributed by atoms with Crippen LogP contribution in [0.3, 0.4) is 0 Å². The van der Waals surface area contributed by atoms with Crippen molar-refractivity contribution in [3.05, 3.63) is 182 Å². The van der Waals surface area contributed by atoms with Gasteiger partial charge in [0, 0.05) is 36.3 Å². The van der Waals surface area contributed by atoms with Gasteiger partial charge < -0.3 is 41.8 Å². The summed E-state index contributed by atoms with van der Waals surface area (Å²) in [5.41, 5.74) is 20.6. The normalized spacial score (nSPS) is 11.4. The Balaban J connectivity index is 0.000000174. The Morgan fingerprint density at radius 1 is 0.514 bits per heavy atom. The van der Waals surface area contributed by atoms with E-state index in [4.69, 9.17) is 36.2 Å². The Kier molecular flexibility index (Phi) is 14.1. The van der Waals surface area contributed by atoms with Gasteiger partial charge in [0.25, 0.3) is 0 Å². The summed E-state index contributed by atoms with van der Waals surface area (Å²) in [6.07, 6.45) is 2.90. The van der Waals surface area contributed by atoms with E-state index in [0.717, 1.165) is 56.6 Å². The molecule has 0 spiro atoms. The van der Waals surface area contributed by atoms with Crippen molar-refractivity contribution in [2.45, 2.75) is 32.5 Å². The number of rotatable bonds is 16. The van der Waals surface area contributed by atoms with Gasteiger partial charge in [-0.3, -0.25) is 0 Å². The quantitative estimate of drug-likeness (QED) is 0.0499. The van der Waals surface area contributed by atoms with Crippen LogP contribution >= 0.6 is 0 Å².